The van der Waals surface area contributed by atoms with Gasteiger partial charge in [-0.1, -0.05) is 49.6 Å². The molecule has 0 spiro atoms. The first kappa shape index (κ1) is 17.8. The Bertz CT molecular complexity index is 685. The fraction of sp³-hybridized carbons (Fsp3) is 0.368. The van der Waals surface area contributed by atoms with Crippen molar-refractivity contribution in [1.29, 1.82) is 0 Å². The monoisotopic (exact) mass is 328 g/mol. The Kier molecular flexibility index (Phi) is 7.08. The molecular weight excluding hydrogens is 304 g/mol. The van der Waals surface area contributed by atoms with E-state index in [0.717, 1.165) is 48.6 Å². The van der Waals surface area contributed by atoms with Crippen LogP contribution in [0.3, 0.4) is 0 Å². The molecule has 0 radical (unpaired) electrons. The molecule has 0 saturated carbocycles. The minimum Gasteiger partial charge on any atom is -0.481 e. The van der Waals surface area contributed by atoms with E-state index < -0.39 is 5.97 Å². The van der Waals surface area contributed by atoms with Gasteiger partial charge in [-0.15, -0.1) is 0 Å². The number of unbranched alkanes of at least 4 members (excludes halogenated alkanes) is 4. The number of amides is 2. The average molecular weight is 328 g/mol. The summed E-state index contributed by atoms with van der Waals surface area (Å²) in [6.45, 7) is 0.623. The zero-order valence-corrected chi connectivity index (χ0v) is 13.8. The van der Waals surface area contributed by atoms with Gasteiger partial charge in [-0.3, -0.25) is 4.79 Å². The number of carboxylic acids is 1. The SMILES string of the molecule is O=C(O)CCCCCCCNC(=O)Nc1ccc2ccccc2c1. The summed E-state index contributed by atoms with van der Waals surface area (Å²) in [6, 6.07) is 13.7. The lowest BCUT2D eigenvalue weighted by atomic mass is 10.1. The molecule has 0 atom stereocenters. The van der Waals surface area contributed by atoms with Crippen LogP contribution in [0.2, 0.25) is 0 Å². The van der Waals surface area contributed by atoms with Crippen LogP contribution in [0.25, 0.3) is 10.8 Å². The van der Waals surface area contributed by atoms with Crippen LogP contribution in [0, 0.1) is 0 Å². The van der Waals surface area contributed by atoms with E-state index in [1.165, 1.54) is 0 Å². The fourth-order valence-corrected chi connectivity index (χ4v) is 2.58. The van der Waals surface area contributed by atoms with E-state index in [1.807, 2.05) is 42.5 Å². The molecule has 128 valence electrons. The lowest BCUT2D eigenvalue weighted by molar-refractivity contribution is -0.137. The second-order valence-corrected chi connectivity index (χ2v) is 5.85. The van der Waals surface area contributed by atoms with Gasteiger partial charge in [0.25, 0.3) is 0 Å². The number of urea groups is 1. The number of carboxylic acid groups (broad SMARTS) is 1. The molecule has 2 aromatic rings. The third-order valence-electron chi connectivity index (χ3n) is 3.86. The van der Waals surface area contributed by atoms with Crippen LogP contribution in [0.1, 0.15) is 38.5 Å². The molecule has 0 aliphatic carbocycles. The number of nitrogens with one attached hydrogen (secondary N) is 2. The van der Waals surface area contributed by atoms with Crippen molar-refractivity contribution in [3.63, 3.8) is 0 Å². The number of hydrogen-bond donors (Lipinski definition) is 3. The summed E-state index contributed by atoms with van der Waals surface area (Å²) in [7, 11) is 0. The van der Waals surface area contributed by atoms with Gasteiger partial charge < -0.3 is 15.7 Å². The first-order valence-corrected chi connectivity index (χ1v) is 8.40. The number of carbonyl (C=O) groups is 2. The number of fused-ring (bicyclic) bond motifs is 1. The van der Waals surface area contributed by atoms with Crippen molar-refractivity contribution in [1.82, 2.24) is 5.32 Å². The van der Waals surface area contributed by atoms with Crippen LogP contribution in [-0.4, -0.2) is 23.7 Å². The first-order valence-electron chi connectivity index (χ1n) is 8.40. The van der Waals surface area contributed by atoms with Crippen LogP contribution in [-0.2, 0) is 4.79 Å². The summed E-state index contributed by atoms with van der Waals surface area (Å²) in [5.41, 5.74) is 0.778. The Hall–Kier alpha value is -2.56. The van der Waals surface area contributed by atoms with Crippen LogP contribution in [0.15, 0.2) is 42.5 Å². The maximum absolute atomic E-state index is 11.9. The second kappa shape index (κ2) is 9.55. The molecule has 0 saturated heterocycles. The van der Waals surface area contributed by atoms with Gasteiger partial charge in [0.05, 0.1) is 0 Å². The molecule has 5 nitrogen and oxygen atoms in total. The molecule has 0 unspecified atom stereocenters. The highest BCUT2D eigenvalue weighted by Gasteiger charge is 2.02. The molecule has 5 heteroatoms. The van der Waals surface area contributed by atoms with Crippen molar-refractivity contribution >= 4 is 28.5 Å². The van der Waals surface area contributed by atoms with Crippen molar-refractivity contribution in [2.24, 2.45) is 0 Å². The van der Waals surface area contributed by atoms with Crippen molar-refractivity contribution in [2.45, 2.75) is 38.5 Å². The highest BCUT2D eigenvalue weighted by Crippen LogP contribution is 2.18. The summed E-state index contributed by atoms with van der Waals surface area (Å²) in [5.74, 6) is -0.734. The van der Waals surface area contributed by atoms with Crippen molar-refractivity contribution in [2.75, 3.05) is 11.9 Å². The number of carbonyl (C=O) groups excluding carboxylic acids is 1. The zero-order chi connectivity index (χ0) is 17.2. The predicted molar refractivity (Wildman–Crippen MR) is 96.3 cm³/mol. The highest BCUT2D eigenvalue weighted by atomic mass is 16.4. The van der Waals surface area contributed by atoms with Crippen LogP contribution >= 0.6 is 0 Å². The number of benzene rings is 2. The standard InChI is InChI=1S/C19H24N2O3/c22-18(23)10-4-2-1-3-7-13-20-19(24)21-17-12-11-15-8-5-6-9-16(15)14-17/h5-6,8-9,11-12,14H,1-4,7,10,13H2,(H,22,23)(H2,20,21,24). The van der Waals surface area contributed by atoms with Crippen molar-refractivity contribution < 1.29 is 14.7 Å². The van der Waals surface area contributed by atoms with E-state index >= 15 is 0 Å². The van der Waals surface area contributed by atoms with Crippen molar-refractivity contribution in [3.05, 3.63) is 42.5 Å². The molecule has 0 fully saturated rings. The number of hydrogen-bond acceptors (Lipinski definition) is 2. The molecule has 0 bridgehead atoms. The zero-order valence-electron chi connectivity index (χ0n) is 13.8. The second-order valence-electron chi connectivity index (χ2n) is 5.85. The summed E-state index contributed by atoms with van der Waals surface area (Å²) in [4.78, 5) is 22.2. The smallest absolute Gasteiger partial charge is 0.319 e. The minimum atomic E-state index is -0.734. The predicted octanol–water partition coefficient (Wildman–Crippen LogP) is 4.39. The fourth-order valence-electron chi connectivity index (χ4n) is 2.58. The maximum Gasteiger partial charge on any atom is 0.319 e. The molecule has 0 aliphatic rings. The van der Waals surface area contributed by atoms with E-state index in [4.69, 9.17) is 5.11 Å². The maximum atomic E-state index is 11.9. The minimum absolute atomic E-state index is 0.198. The van der Waals surface area contributed by atoms with Gasteiger partial charge in [-0.25, -0.2) is 4.79 Å². The summed E-state index contributed by atoms with van der Waals surface area (Å²) in [6.07, 6.45) is 4.79. The molecule has 2 amide bonds. The quantitative estimate of drug-likeness (QED) is 0.597. The lowest BCUT2D eigenvalue weighted by Crippen LogP contribution is -2.29. The number of rotatable bonds is 9. The van der Waals surface area contributed by atoms with Crippen molar-refractivity contribution in [3.8, 4) is 0 Å². The van der Waals surface area contributed by atoms with Crippen LogP contribution < -0.4 is 10.6 Å². The Morgan fingerprint density at radius 2 is 1.58 bits per heavy atom. The first-order chi connectivity index (χ1) is 11.6. The Balaban J connectivity index is 1.61. The van der Waals surface area contributed by atoms with Gasteiger partial charge in [0.1, 0.15) is 0 Å². The molecule has 0 aromatic heterocycles. The number of aliphatic carboxylic acids is 1. The van der Waals surface area contributed by atoms with E-state index in [9.17, 15) is 9.59 Å². The van der Waals surface area contributed by atoms with E-state index in [0.29, 0.717) is 6.54 Å². The largest absolute Gasteiger partial charge is 0.481 e. The normalized spacial score (nSPS) is 10.5. The third-order valence-corrected chi connectivity index (χ3v) is 3.86. The van der Waals surface area contributed by atoms with Gasteiger partial charge in [0.2, 0.25) is 0 Å². The molecule has 3 N–H and O–H groups in total. The van der Waals surface area contributed by atoms with Gasteiger partial charge in [0, 0.05) is 18.7 Å². The van der Waals surface area contributed by atoms with E-state index in [-0.39, 0.29) is 12.5 Å². The molecule has 0 aliphatic heterocycles. The molecule has 2 rings (SSSR count). The lowest BCUT2D eigenvalue weighted by Gasteiger charge is -2.08. The Morgan fingerprint density at radius 1 is 0.875 bits per heavy atom. The van der Waals surface area contributed by atoms with Crippen LogP contribution in [0.4, 0.5) is 10.5 Å². The Morgan fingerprint density at radius 3 is 2.38 bits per heavy atom. The van der Waals surface area contributed by atoms with Gasteiger partial charge in [-0.05, 0) is 35.7 Å². The average Bonchev–Trinajstić information content (AvgIpc) is 2.57. The summed E-state index contributed by atoms with van der Waals surface area (Å²) >= 11 is 0. The van der Waals surface area contributed by atoms with E-state index in [2.05, 4.69) is 10.6 Å². The topological polar surface area (TPSA) is 78.4 Å². The number of anilines is 1. The van der Waals surface area contributed by atoms with Gasteiger partial charge in [0.15, 0.2) is 0 Å². The third kappa shape index (κ3) is 6.28. The van der Waals surface area contributed by atoms with Crippen LogP contribution in [0.5, 0.6) is 0 Å². The molecule has 24 heavy (non-hydrogen) atoms. The summed E-state index contributed by atoms with van der Waals surface area (Å²) in [5, 5.41) is 16.5. The molecule has 2 aromatic carbocycles. The highest BCUT2D eigenvalue weighted by molar-refractivity contribution is 5.93. The van der Waals surface area contributed by atoms with E-state index in [1.54, 1.807) is 0 Å². The van der Waals surface area contributed by atoms with Gasteiger partial charge in [-0.2, -0.15) is 0 Å². The van der Waals surface area contributed by atoms with Gasteiger partial charge >= 0.3 is 12.0 Å². The molecular formula is C19H24N2O3. The molecule has 0 heterocycles. The summed E-state index contributed by atoms with van der Waals surface area (Å²) < 4.78 is 0. The Labute approximate surface area is 142 Å².